The van der Waals surface area contributed by atoms with E-state index in [9.17, 15) is 4.79 Å². The number of amides is 1. The summed E-state index contributed by atoms with van der Waals surface area (Å²) in [4.78, 5) is 12.0. The minimum Gasteiger partial charge on any atom is -0.410 e. The van der Waals surface area contributed by atoms with Gasteiger partial charge in [-0.15, -0.1) is 0 Å². The molecule has 1 aromatic heterocycles. The van der Waals surface area contributed by atoms with E-state index in [0.29, 0.717) is 5.75 Å². The van der Waals surface area contributed by atoms with E-state index in [0.717, 1.165) is 12.8 Å². The van der Waals surface area contributed by atoms with Gasteiger partial charge in [0.25, 0.3) is 0 Å². The van der Waals surface area contributed by atoms with Crippen LogP contribution >= 0.6 is 11.3 Å². The topological polar surface area (TPSA) is 38.3 Å². The molecule has 1 atom stereocenters. The molecule has 0 bridgehead atoms. The molecule has 1 heterocycles. The maximum atomic E-state index is 12.0. The van der Waals surface area contributed by atoms with Crippen LogP contribution in [0.15, 0.2) is 65.4 Å². The molecule has 1 amide bonds. The third kappa shape index (κ3) is 4.33. The third-order valence-corrected chi connectivity index (χ3v) is 4.50. The zero-order valence-electron chi connectivity index (χ0n) is 13.0. The number of benzene rings is 1. The van der Waals surface area contributed by atoms with Gasteiger partial charge < -0.3 is 10.1 Å². The Labute approximate surface area is 140 Å². The molecule has 1 aliphatic carbocycles. The van der Waals surface area contributed by atoms with Crippen molar-refractivity contribution in [3.05, 3.63) is 76.5 Å². The average Bonchev–Trinajstić information content (AvgIpc) is 3.02. The van der Waals surface area contributed by atoms with Gasteiger partial charge in [-0.3, -0.25) is 0 Å². The van der Waals surface area contributed by atoms with Crippen molar-refractivity contribution in [2.45, 2.75) is 25.3 Å². The zero-order valence-corrected chi connectivity index (χ0v) is 13.8. The lowest BCUT2D eigenvalue weighted by atomic mass is 9.94. The molecule has 2 aromatic rings. The second kappa shape index (κ2) is 6.84. The van der Waals surface area contributed by atoms with E-state index in [4.69, 9.17) is 4.74 Å². The highest BCUT2D eigenvalue weighted by Crippen LogP contribution is 2.19. The van der Waals surface area contributed by atoms with E-state index in [1.54, 1.807) is 11.3 Å². The van der Waals surface area contributed by atoms with Crippen molar-refractivity contribution in [3.63, 3.8) is 0 Å². The Morgan fingerprint density at radius 2 is 2.04 bits per heavy atom. The number of nitrogens with one attached hydrogen (secondary N) is 1. The molecule has 1 unspecified atom stereocenters. The van der Waals surface area contributed by atoms with Crippen molar-refractivity contribution in [2.24, 2.45) is 0 Å². The van der Waals surface area contributed by atoms with Gasteiger partial charge in [-0.1, -0.05) is 36.4 Å². The summed E-state index contributed by atoms with van der Waals surface area (Å²) in [6.07, 6.45) is 9.13. The molecule has 1 N–H and O–H groups in total. The lowest BCUT2D eigenvalue weighted by Crippen LogP contribution is -2.45. The Balaban J connectivity index is 1.56. The molecule has 3 rings (SSSR count). The van der Waals surface area contributed by atoms with Crippen LogP contribution in [0.4, 0.5) is 4.79 Å². The molecular formula is C19H19NO2S. The van der Waals surface area contributed by atoms with Crippen molar-refractivity contribution in [2.75, 3.05) is 0 Å². The molecule has 118 valence electrons. The number of rotatable bonds is 4. The highest BCUT2D eigenvalue weighted by Gasteiger charge is 2.24. The molecule has 0 spiro atoms. The van der Waals surface area contributed by atoms with Gasteiger partial charge in [-0.2, -0.15) is 11.3 Å². The number of hydrogen-bond donors (Lipinski definition) is 1. The molecule has 0 saturated carbocycles. The number of carbonyl (C=O) groups is 1. The summed E-state index contributed by atoms with van der Waals surface area (Å²) in [7, 11) is 0. The highest BCUT2D eigenvalue weighted by atomic mass is 32.1. The van der Waals surface area contributed by atoms with E-state index in [1.807, 2.05) is 55.5 Å². The van der Waals surface area contributed by atoms with Crippen molar-refractivity contribution in [3.8, 4) is 5.75 Å². The fraction of sp³-hybridized carbons (Fsp3) is 0.211. The fourth-order valence-corrected chi connectivity index (χ4v) is 3.16. The molecule has 1 aliphatic rings. The van der Waals surface area contributed by atoms with Crippen LogP contribution in [0.5, 0.6) is 5.75 Å². The first-order chi connectivity index (χ1) is 11.1. The Kier molecular flexibility index (Phi) is 4.63. The first-order valence-electron chi connectivity index (χ1n) is 7.57. The van der Waals surface area contributed by atoms with Crippen molar-refractivity contribution >= 4 is 17.4 Å². The first-order valence-corrected chi connectivity index (χ1v) is 8.52. The number of hydrogen-bond acceptors (Lipinski definition) is 3. The van der Waals surface area contributed by atoms with Crippen LogP contribution in [0.1, 0.15) is 24.5 Å². The molecule has 0 saturated heterocycles. The maximum absolute atomic E-state index is 12.0. The highest BCUT2D eigenvalue weighted by molar-refractivity contribution is 7.07. The summed E-state index contributed by atoms with van der Waals surface area (Å²) in [6, 6.07) is 9.77. The monoisotopic (exact) mass is 325 g/mol. The second-order valence-electron chi connectivity index (χ2n) is 5.88. The predicted octanol–water partition coefficient (Wildman–Crippen LogP) is 4.70. The summed E-state index contributed by atoms with van der Waals surface area (Å²) in [5, 5.41) is 7.12. The quantitative estimate of drug-likeness (QED) is 0.884. The van der Waals surface area contributed by atoms with Gasteiger partial charge in [0.2, 0.25) is 0 Å². The number of carbonyl (C=O) groups excluding carboxylic acids is 1. The SMILES string of the molecule is CC1(NC(=O)Oc2ccc(Cc3ccsc3)cc2)C=CC=CC1. The third-order valence-electron chi connectivity index (χ3n) is 3.76. The van der Waals surface area contributed by atoms with E-state index in [2.05, 4.69) is 22.1 Å². The number of ether oxygens (including phenoxy) is 1. The van der Waals surface area contributed by atoms with Crippen molar-refractivity contribution < 1.29 is 9.53 Å². The summed E-state index contributed by atoms with van der Waals surface area (Å²) in [5.41, 5.74) is 2.11. The average molecular weight is 325 g/mol. The predicted molar refractivity (Wildman–Crippen MR) is 94.0 cm³/mol. The number of allylic oxidation sites excluding steroid dienone is 2. The van der Waals surface area contributed by atoms with Crippen LogP contribution in [0.25, 0.3) is 0 Å². The van der Waals surface area contributed by atoms with Crippen LogP contribution in [0, 0.1) is 0 Å². The van der Waals surface area contributed by atoms with Gasteiger partial charge in [-0.05, 0) is 59.9 Å². The minimum absolute atomic E-state index is 0.384. The molecule has 0 radical (unpaired) electrons. The van der Waals surface area contributed by atoms with E-state index < -0.39 is 6.09 Å². The molecule has 4 heteroatoms. The largest absolute Gasteiger partial charge is 0.413 e. The van der Waals surface area contributed by atoms with Crippen LogP contribution in [0.3, 0.4) is 0 Å². The summed E-state index contributed by atoms with van der Waals surface area (Å²) < 4.78 is 5.37. The minimum atomic E-state index is -0.432. The standard InChI is InChI=1S/C19H19NO2S/c1-19(10-3-2-4-11-19)20-18(21)22-17-7-5-15(6-8-17)13-16-9-12-23-14-16/h2-10,12,14H,11,13H2,1H3,(H,20,21). The lowest BCUT2D eigenvalue weighted by Gasteiger charge is -2.27. The fourth-order valence-electron chi connectivity index (χ4n) is 2.49. The van der Waals surface area contributed by atoms with Crippen molar-refractivity contribution in [1.29, 1.82) is 0 Å². The Hall–Kier alpha value is -2.33. The van der Waals surface area contributed by atoms with E-state index in [-0.39, 0.29) is 5.54 Å². The zero-order chi connectivity index (χ0) is 16.1. The van der Waals surface area contributed by atoms with Gasteiger partial charge in [0.05, 0.1) is 5.54 Å². The summed E-state index contributed by atoms with van der Waals surface area (Å²) in [6.45, 7) is 1.97. The molecule has 0 aliphatic heterocycles. The van der Waals surface area contributed by atoms with Gasteiger partial charge in [0.1, 0.15) is 5.75 Å². The van der Waals surface area contributed by atoms with Crippen molar-refractivity contribution in [1.82, 2.24) is 5.32 Å². The Bertz CT molecular complexity index is 716. The smallest absolute Gasteiger partial charge is 0.410 e. The van der Waals surface area contributed by atoms with E-state index >= 15 is 0 Å². The van der Waals surface area contributed by atoms with E-state index in [1.165, 1.54) is 11.1 Å². The molecular weight excluding hydrogens is 306 g/mol. The van der Waals surface area contributed by atoms with Crippen LogP contribution < -0.4 is 10.1 Å². The molecule has 3 nitrogen and oxygen atoms in total. The molecule has 1 aromatic carbocycles. The molecule has 23 heavy (non-hydrogen) atoms. The van der Waals surface area contributed by atoms with Gasteiger partial charge in [-0.25, -0.2) is 4.79 Å². The van der Waals surface area contributed by atoms with Crippen LogP contribution in [-0.2, 0) is 6.42 Å². The Morgan fingerprint density at radius 1 is 1.22 bits per heavy atom. The molecule has 0 fully saturated rings. The maximum Gasteiger partial charge on any atom is 0.413 e. The summed E-state index contributed by atoms with van der Waals surface area (Å²) in [5.74, 6) is 0.551. The van der Waals surface area contributed by atoms with Gasteiger partial charge in [0.15, 0.2) is 0 Å². The lowest BCUT2D eigenvalue weighted by molar-refractivity contribution is 0.191. The normalized spacial score (nSPS) is 19.5. The second-order valence-corrected chi connectivity index (χ2v) is 6.66. The number of thiophene rings is 1. The summed E-state index contributed by atoms with van der Waals surface area (Å²) >= 11 is 1.70. The first kappa shape index (κ1) is 15.6. The van der Waals surface area contributed by atoms with Crippen LogP contribution in [-0.4, -0.2) is 11.6 Å². The Morgan fingerprint density at radius 3 is 2.70 bits per heavy atom. The van der Waals surface area contributed by atoms with Gasteiger partial charge >= 0.3 is 6.09 Å². The van der Waals surface area contributed by atoms with Crippen LogP contribution in [0.2, 0.25) is 0 Å². The van der Waals surface area contributed by atoms with Gasteiger partial charge in [0, 0.05) is 0 Å².